The van der Waals surface area contributed by atoms with E-state index in [2.05, 4.69) is 25.3 Å². The molecule has 156 valence electrons. The average molecular weight is 413 g/mol. The van der Waals surface area contributed by atoms with E-state index >= 15 is 0 Å². The van der Waals surface area contributed by atoms with Crippen molar-refractivity contribution in [2.24, 2.45) is 0 Å². The van der Waals surface area contributed by atoms with E-state index in [0.29, 0.717) is 5.56 Å². The number of amides is 1. The number of nitrogens with one attached hydrogen (secondary N) is 1. The zero-order valence-corrected chi connectivity index (χ0v) is 16.3. The molecule has 3 heterocycles. The highest BCUT2D eigenvalue weighted by atomic mass is 19.1. The van der Waals surface area contributed by atoms with Gasteiger partial charge >= 0.3 is 11.8 Å². The minimum absolute atomic E-state index is 0.0698. The molecule has 9 heteroatoms. The molecular weight excluding hydrogens is 392 g/mol. The zero-order chi connectivity index (χ0) is 20.9. The molecule has 3 aromatic rings. The molecule has 0 aliphatic carbocycles. The molecule has 0 unspecified atom stereocenters. The Bertz CT molecular complexity index is 1010. The van der Waals surface area contributed by atoms with E-state index in [-0.39, 0.29) is 23.8 Å². The lowest BCUT2D eigenvalue weighted by Crippen LogP contribution is -2.24. The molecule has 0 radical (unpaired) electrons. The summed E-state index contributed by atoms with van der Waals surface area (Å²) in [5.41, 5.74) is 0.982. The highest BCUT2D eigenvalue weighted by Gasteiger charge is 2.18. The van der Waals surface area contributed by atoms with Crippen molar-refractivity contribution < 1.29 is 18.1 Å². The Morgan fingerprint density at radius 3 is 2.53 bits per heavy atom. The maximum Gasteiger partial charge on any atom is 0.316 e. The molecule has 0 spiro atoms. The lowest BCUT2D eigenvalue weighted by atomic mass is 10.2. The second kappa shape index (κ2) is 8.98. The number of halogens is 2. The first-order valence-corrected chi connectivity index (χ1v) is 9.87. The fourth-order valence-electron chi connectivity index (χ4n) is 3.43. The lowest BCUT2D eigenvalue weighted by Gasteiger charge is -2.21. The first-order chi connectivity index (χ1) is 14.6. The van der Waals surface area contributed by atoms with Crippen LogP contribution in [0.4, 0.5) is 14.6 Å². The predicted molar refractivity (Wildman–Crippen MR) is 106 cm³/mol. The molecule has 30 heavy (non-hydrogen) atoms. The number of pyridine rings is 1. The maximum atomic E-state index is 13.3. The molecule has 4 rings (SSSR count). The molecule has 1 fully saturated rings. The van der Waals surface area contributed by atoms with Gasteiger partial charge < -0.3 is 14.7 Å². The molecule has 1 aliphatic heterocycles. The van der Waals surface area contributed by atoms with Gasteiger partial charge in [0, 0.05) is 37.5 Å². The van der Waals surface area contributed by atoms with Gasteiger partial charge in [0.15, 0.2) is 0 Å². The van der Waals surface area contributed by atoms with Gasteiger partial charge in [-0.2, -0.15) is 4.98 Å². The highest BCUT2D eigenvalue weighted by molar-refractivity contribution is 5.89. The number of carbonyl (C=O) groups is 1. The van der Waals surface area contributed by atoms with Gasteiger partial charge in [0.2, 0.25) is 5.82 Å². The summed E-state index contributed by atoms with van der Waals surface area (Å²) >= 11 is 0. The van der Waals surface area contributed by atoms with Crippen LogP contribution in [-0.2, 0) is 6.54 Å². The van der Waals surface area contributed by atoms with Gasteiger partial charge in [-0.05, 0) is 42.7 Å². The minimum atomic E-state index is -0.711. The smallest absolute Gasteiger partial charge is 0.316 e. The number of hydrogen-bond acceptors (Lipinski definition) is 6. The van der Waals surface area contributed by atoms with Gasteiger partial charge in [0.1, 0.15) is 17.5 Å². The Kier molecular flexibility index (Phi) is 5.97. The zero-order valence-electron chi connectivity index (χ0n) is 16.3. The van der Waals surface area contributed by atoms with E-state index in [1.165, 1.54) is 12.8 Å². The molecule has 1 aliphatic rings. The van der Waals surface area contributed by atoms with Crippen LogP contribution in [0.25, 0.3) is 11.4 Å². The van der Waals surface area contributed by atoms with Crippen molar-refractivity contribution in [2.75, 3.05) is 18.0 Å². The van der Waals surface area contributed by atoms with Gasteiger partial charge in [0.25, 0.3) is 0 Å². The van der Waals surface area contributed by atoms with E-state index in [1.807, 2.05) is 6.07 Å². The Hall–Kier alpha value is -3.36. The molecule has 1 N–H and O–H groups in total. The summed E-state index contributed by atoms with van der Waals surface area (Å²) in [4.78, 5) is 23.1. The van der Waals surface area contributed by atoms with Crippen LogP contribution < -0.4 is 10.2 Å². The summed E-state index contributed by atoms with van der Waals surface area (Å²) in [6.07, 6.45) is 6.40. The van der Waals surface area contributed by atoms with Crippen molar-refractivity contribution in [2.45, 2.75) is 32.2 Å². The van der Waals surface area contributed by atoms with Crippen LogP contribution in [0.1, 0.15) is 41.9 Å². The van der Waals surface area contributed by atoms with Crippen LogP contribution in [-0.4, -0.2) is 34.1 Å². The molecule has 7 nitrogen and oxygen atoms in total. The van der Waals surface area contributed by atoms with Gasteiger partial charge in [0.05, 0.1) is 0 Å². The standard InChI is InChI=1S/C21H21F2N5O2/c22-16-9-14(10-17(23)12-16)13-25-20(29)21-26-19(27-30-21)15-5-6-24-18(11-15)28-7-3-1-2-4-8-28/h5-6,9-12H,1-4,7-8,13H2,(H,25,29). The van der Waals surface area contributed by atoms with Crippen LogP contribution in [0.3, 0.4) is 0 Å². The van der Waals surface area contributed by atoms with Crippen molar-refractivity contribution in [3.8, 4) is 11.4 Å². The minimum Gasteiger partial charge on any atom is -0.357 e. The van der Waals surface area contributed by atoms with Crippen LogP contribution in [0, 0.1) is 11.6 Å². The van der Waals surface area contributed by atoms with Crippen molar-refractivity contribution in [1.82, 2.24) is 20.4 Å². The first kappa shape index (κ1) is 19.9. The summed E-state index contributed by atoms with van der Waals surface area (Å²) in [7, 11) is 0. The van der Waals surface area contributed by atoms with Crippen molar-refractivity contribution in [1.29, 1.82) is 0 Å². The SMILES string of the molecule is O=C(NCc1cc(F)cc(F)c1)c1nc(-c2ccnc(N3CCCCCC3)c2)no1. The number of hydrogen-bond donors (Lipinski definition) is 1. The molecule has 1 aromatic carbocycles. The predicted octanol–water partition coefficient (Wildman–Crippen LogP) is 3.72. The molecule has 1 saturated heterocycles. The van der Waals surface area contributed by atoms with E-state index in [9.17, 15) is 13.6 Å². The van der Waals surface area contributed by atoms with Crippen molar-refractivity contribution in [3.63, 3.8) is 0 Å². The quantitative estimate of drug-likeness (QED) is 0.686. The number of rotatable bonds is 5. The van der Waals surface area contributed by atoms with E-state index in [4.69, 9.17) is 4.52 Å². The summed E-state index contributed by atoms with van der Waals surface area (Å²) in [6.45, 7) is 1.84. The lowest BCUT2D eigenvalue weighted by molar-refractivity contribution is 0.0907. The third-order valence-electron chi connectivity index (χ3n) is 4.93. The van der Waals surface area contributed by atoms with Crippen molar-refractivity contribution in [3.05, 3.63) is 59.6 Å². The van der Waals surface area contributed by atoms with Crippen LogP contribution in [0.5, 0.6) is 0 Å². The Labute approximate surface area is 172 Å². The normalized spacial score (nSPS) is 14.4. The second-order valence-electron chi connectivity index (χ2n) is 7.19. The fourth-order valence-corrected chi connectivity index (χ4v) is 3.43. The number of benzene rings is 1. The Morgan fingerprint density at radius 1 is 1.07 bits per heavy atom. The Balaban J connectivity index is 1.44. The van der Waals surface area contributed by atoms with Crippen LogP contribution >= 0.6 is 0 Å². The average Bonchev–Trinajstić information content (AvgIpc) is 3.07. The van der Waals surface area contributed by atoms with Crippen molar-refractivity contribution >= 4 is 11.7 Å². The first-order valence-electron chi connectivity index (χ1n) is 9.87. The number of nitrogens with zero attached hydrogens (tertiary/aromatic N) is 4. The number of carbonyl (C=O) groups excluding carboxylic acids is 1. The number of aromatic nitrogens is 3. The van der Waals surface area contributed by atoms with E-state index in [0.717, 1.165) is 49.9 Å². The molecular formula is C21H21F2N5O2. The third-order valence-corrected chi connectivity index (χ3v) is 4.93. The van der Waals surface area contributed by atoms with Gasteiger partial charge in [-0.15, -0.1) is 0 Å². The monoisotopic (exact) mass is 413 g/mol. The molecule has 0 saturated carbocycles. The van der Waals surface area contributed by atoms with Gasteiger partial charge in [-0.1, -0.05) is 18.0 Å². The van der Waals surface area contributed by atoms with E-state index in [1.54, 1.807) is 12.3 Å². The second-order valence-corrected chi connectivity index (χ2v) is 7.19. The van der Waals surface area contributed by atoms with Gasteiger partial charge in [-0.3, -0.25) is 4.79 Å². The molecule has 0 bridgehead atoms. The summed E-state index contributed by atoms with van der Waals surface area (Å²) in [5, 5.41) is 6.40. The van der Waals surface area contributed by atoms with Gasteiger partial charge in [-0.25, -0.2) is 13.8 Å². The fraction of sp³-hybridized carbons (Fsp3) is 0.333. The summed E-state index contributed by atoms with van der Waals surface area (Å²) in [6, 6.07) is 6.69. The van der Waals surface area contributed by atoms with Crippen LogP contribution in [0.15, 0.2) is 41.1 Å². The maximum absolute atomic E-state index is 13.3. The summed E-state index contributed by atoms with van der Waals surface area (Å²) in [5.74, 6) is -1.15. The number of anilines is 1. The molecule has 0 atom stereocenters. The third kappa shape index (κ3) is 4.79. The summed E-state index contributed by atoms with van der Waals surface area (Å²) < 4.78 is 31.6. The topological polar surface area (TPSA) is 84.2 Å². The largest absolute Gasteiger partial charge is 0.357 e. The molecule has 1 amide bonds. The Morgan fingerprint density at radius 2 is 1.80 bits per heavy atom. The van der Waals surface area contributed by atoms with E-state index < -0.39 is 17.5 Å². The highest BCUT2D eigenvalue weighted by Crippen LogP contribution is 2.23. The van der Waals surface area contributed by atoms with Crippen LogP contribution in [0.2, 0.25) is 0 Å². The molecule has 2 aromatic heterocycles.